The molecule has 132 valence electrons. The van der Waals surface area contributed by atoms with Gasteiger partial charge in [-0.15, -0.1) is 0 Å². The zero-order chi connectivity index (χ0) is 17.8. The van der Waals surface area contributed by atoms with Crippen molar-refractivity contribution in [2.75, 3.05) is 11.9 Å². The van der Waals surface area contributed by atoms with E-state index in [-0.39, 0.29) is 6.23 Å². The van der Waals surface area contributed by atoms with Gasteiger partial charge in [0.15, 0.2) is 6.23 Å². The van der Waals surface area contributed by atoms with Crippen LogP contribution in [0.5, 0.6) is 11.5 Å². The highest BCUT2D eigenvalue weighted by Crippen LogP contribution is 2.40. The average Bonchev–Trinajstić information content (AvgIpc) is 3.13. The third-order valence-corrected chi connectivity index (χ3v) is 4.17. The average molecular weight is 347 g/mol. The molecule has 0 saturated carbocycles. The molecule has 0 spiro atoms. The van der Waals surface area contributed by atoms with Crippen LogP contribution in [-0.4, -0.2) is 12.8 Å². The summed E-state index contributed by atoms with van der Waals surface area (Å²) >= 11 is 0. The molecule has 4 heteroatoms. The smallest absolute Gasteiger partial charge is 0.189 e. The molecule has 0 aliphatic carbocycles. The highest BCUT2D eigenvalue weighted by molar-refractivity contribution is 5.83. The van der Waals surface area contributed by atoms with E-state index in [9.17, 15) is 0 Å². The quantitative estimate of drug-likeness (QED) is 0.654. The summed E-state index contributed by atoms with van der Waals surface area (Å²) in [5.41, 5.74) is 3.19. The number of ether oxygens (including phenoxy) is 2. The van der Waals surface area contributed by atoms with Crippen LogP contribution in [0.2, 0.25) is 0 Å². The molecule has 1 aliphatic rings. The number of hydrogen-bond donors (Lipinski definition) is 1. The van der Waals surface area contributed by atoms with Crippen molar-refractivity contribution in [1.82, 2.24) is 0 Å². The van der Waals surface area contributed by atoms with Crippen LogP contribution in [-0.2, 0) is 0 Å². The Morgan fingerprint density at radius 2 is 2.00 bits per heavy atom. The van der Waals surface area contributed by atoms with E-state index in [4.69, 9.17) is 13.9 Å². The Kier molecular flexibility index (Phi) is 4.65. The Balaban J connectivity index is 1.70. The summed E-state index contributed by atoms with van der Waals surface area (Å²) in [5.74, 6) is 2.40. The first-order chi connectivity index (χ1) is 12.8. The van der Waals surface area contributed by atoms with Crippen LogP contribution in [0.25, 0.3) is 17.2 Å². The van der Waals surface area contributed by atoms with Gasteiger partial charge in [0.25, 0.3) is 0 Å². The SMILES string of the molecule is CCCOc1ccc2c(c1)OC(C=Cc1ccco1)Nc1ccccc1-2. The summed E-state index contributed by atoms with van der Waals surface area (Å²) in [5, 5.41) is 3.44. The molecule has 3 aromatic rings. The fraction of sp³-hybridized carbons (Fsp3) is 0.182. The van der Waals surface area contributed by atoms with E-state index >= 15 is 0 Å². The lowest BCUT2D eigenvalue weighted by atomic mass is 10.0. The predicted molar refractivity (Wildman–Crippen MR) is 103 cm³/mol. The van der Waals surface area contributed by atoms with Gasteiger partial charge in [-0.1, -0.05) is 25.1 Å². The molecule has 2 aromatic carbocycles. The summed E-state index contributed by atoms with van der Waals surface area (Å²) in [7, 11) is 0. The fourth-order valence-electron chi connectivity index (χ4n) is 2.95. The van der Waals surface area contributed by atoms with Crippen molar-refractivity contribution in [2.45, 2.75) is 19.6 Å². The molecule has 0 radical (unpaired) electrons. The summed E-state index contributed by atoms with van der Waals surface area (Å²) in [6.07, 6.45) is 6.16. The number of furan rings is 1. The van der Waals surface area contributed by atoms with Gasteiger partial charge in [0.05, 0.1) is 12.9 Å². The van der Waals surface area contributed by atoms with Gasteiger partial charge in [0.1, 0.15) is 17.3 Å². The van der Waals surface area contributed by atoms with E-state index in [0.717, 1.165) is 40.5 Å². The van der Waals surface area contributed by atoms with E-state index in [2.05, 4.69) is 30.4 Å². The van der Waals surface area contributed by atoms with Gasteiger partial charge in [-0.3, -0.25) is 0 Å². The molecule has 0 saturated heterocycles. The van der Waals surface area contributed by atoms with Crippen LogP contribution in [0.4, 0.5) is 5.69 Å². The van der Waals surface area contributed by atoms with Crippen LogP contribution >= 0.6 is 0 Å². The molecule has 4 nitrogen and oxygen atoms in total. The van der Waals surface area contributed by atoms with E-state index in [0.29, 0.717) is 6.61 Å². The summed E-state index contributed by atoms with van der Waals surface area (Å²) in [6.45, 7) is 2.78. The van der Waals surface area contributed by atoms with E-state index in [1.54, 1.807) is 6.26 Å². The first-order valence-electron chi connectivity index (χ1n) is 8.84. The molecule has 2 heterocycles. The van der Waals surface area contributed by atoms with Crippen LogP contribution < -0.4 is 14.8 Å². The van der Waals surface area contributed by atoms with E-state index < -0.39 is 0 Å². The van der Waals surface area contributed by atoms with Crippen molar-refractivity contribution >= 4 is 11.8 Å². The molecule has 4 rings (SSSR count). The van der Waals surface area contributed by atoms with Gasteiger partial charge in [-0.05, 0) is 48.9 Å². The minimum Gasteiger partial charge on any atom is -0.493 e. The Bertz CT molecular complexity index is 900. The fourth-order valence-corrected chi connectivity index (χ4v) is 2.95. The zero-order valence-electron chi connectivity index (χ0n) is 14.6. The lowest BCUT2D eigenvalue weighted by Gasteiger charge is -2.16. The van der Waals surface area contributed by atoms with Gasteiger partial charge in [-0.25, -0.2) is 0 Å². The van der Waals surface area contributed by atoms with Gasteiger partial charge in [-0.2, -0.15) is 0 Å². The molecule has 1 unspecified atom stereocenters. The van der Waals surface area contributed by atoms with Gasteiger partial charge in [0, 0.05) is 22.9 Å². The summed E-state index contributed by atoms with van der Waals surface area (Å²) < 4.78 is 17.4. The van der Waals surface area contributed by atoms with Crippen molar-refractivity contribution in [2.24, 2.45) is 0 Å². The minimum atomic E-state index is -0.316. The zero-order valence-corrected chi connectivity index (χ0v) is 14.6. The van der Waals surface area contributed by atoms with Crippen LogP contribution in [0, 0.1) is 0 Å². The largest absolute Gasteiger partial charge is 0.493 e. The van der Waals surface area contributed by atoms with Crippen molar-refractivity contribution < 1.29 is 13.9 Å². The molecule has 1 aromatic heterocycles. The van der Waals surface area contributed by atoms with Gasteiger partial charge >= 0.3 is 0 Å². The van der Waals surface area contributed by atoms with Crippen molar-refractivity contribution in [3.05, 3.63) is 72.7 Å². The maximum Gasteiger partial charge on any atom is 0.189 e. The Labute approximate surface area is 153 Å². The molecular weight excluding hydrogens is 326 g/mol. The highest BCUT2D eigenvalue weighted by atomic mass is 16.5. The third kappa shape index (κ3) is 3.45. The van der Waals surface area contributed by atoms with Crippen molar-refractivity contribution in [3.8, 4) is 22.6 Å². The van der Waals surface area contributed by atoms with E-state index in [1.807, 2.05) is 48.6 Å². The lowest BCUT2D eigenvalue weighted by Crippen LogP contribution is -2.22. The number of para-hydroxylation sites is 1. The monoisotopic (exact) mass is 347 g/mol. The second-order valence-corrected chi connectivity index (χ2v) is 6.11. The number of rotatable bonds is 5. The third-order valence-electron chi connectivity index (χ3n) is 4.17. The van der Waals surface area contributed by atoms with Crippen LogP contribution in [0.1, 0.15) is 19.1 Å². The standard InChI is InChI=1S/C22H21NO3/c1-2-13-24-17-9-11-19-18-7-3-4-8-20(18)23-22(26-21(19)15-17)12-10-16-6-5-14-25-16/h3-12,14-15,22-23H,2,13H2,1H3. The molecule has 0 amide bonds. The van der Waals surface area contributed by atoms with E-state index in [1.165, 1.54) is 0 Å². The molecule has 0 fully saturated rings. The first-order valence-corrected chi connectivity index (χ1v) is 8.84. The Morgan fingerprint density at radius 3 is 2.85 bits per heavy atom. The maximum absolute atomic E-state index is 6.24. The second kappa shape index (κ2) is 7.40. The number of benzene rings is 2. The maximum atomic E-state index is 6.24. The molecule has 1 aliphatic heterocycles. The van der Waals surface area contributed by atoms with Crippen molar-refractivity contribution in [1.29, 1.82) is 0 Å². The molecular formula is C22H21NO3. The van der Waals surface area contributed by atoms with Crippen LogP contribution in [0.15, 0.2) is 71.4 Å². The topological polar surface area (TPSA) is 43.6 Å². The predicted octanol–water partition coefficient (Wildman–Crippen LogP) is 5.58. The lowest BCUT2D eigenvalue weighted by molar-refractivity contribution is 0.276. The second-order valence-electron chi connectivity index (χ2n) is 6.11. The molecule has 1 N–H and O–H groups in total. The normalized spacial score (nSPS) is 15.5. The van der Waals surface area contributed by atoms with Gasteiger partial charge in [0.2, 0.25) is 0 Å². The van der Waals surface area contributed by atoms with Crippen molar-refractivity contribution in [3.63, 3.8) is 0 Å². The number of hydrogen-bond acceptors (Lipinski definition) is 4. The summed E-state index contributed by atoms with van der Waals surface area (Å²) in [4.78, 5) is 0. The number of fused-ring (bicyclic) bond motifs is 3. The summed E-state index contributed by atoms with van der Waals surface area (Å²) in [6, 6.07) is 18.0. The number of nitrogens with one attached hydrogen (secondary N) is 1. The Morgan fingerprint density at radius 1 is 1.08 bits per heavy atom. The first kappa shape index (κ1) is 16.3. The minimum absolute atomic E-state index is 0.316. The van der Waals surface area contributed by atoms with Crippen LogP contribution in [0.3, 0.4) is 0 Å². The molecule has 0 bridgehead atoms. The van der Waals surface area contributed by atoms with Gasteiger partial charge < -0.3 is 19.2 Å². The number of anilines is 1. The molecule has 26 heavy (non-hydrogen) atoms. The Hall–Kier alpha value is -3.14. The molecule has 1 atom stereocenters. The highest BCUT2D eigenvalue weighted by Gasteiger charge is 2.20.